The summed E-state index contributed by atoms with van der Waals surface area (Å²) in [5, 5.41) is 13.0. The molecule has 0 unspecified atom stereocenters. The third-order valence-electron chi connectivity index (χ3n) is 4.90. The Balaban J connectivity index is 1.57. The molecule has 3 rings (SSSR count). The van der Waals surface area contributed by atoms with Crippen LogP contribution < -0.4 is 10.1 Å². The minimum absolute atomic E-state index is 0.0105. The minimum atomic E-state index is -0.673. The van der Waals surface area contributed by atoms with Crippen LogP contribution in [0.15, 0.2) is 48.5 Å². The summed E-state index contributed by atoms with van der Waals surface area (Å²) >= 11 is 0. The van der Waals surface area contributed by atoms with Crippen molar-refractivity contribution in [1.82, 2.24) is 5.32 Å². The van der Waals surface area contributed by atoms with Crippen molar-refractivity contribution in [3.05, 3.63) is 65.2 Å². The molecule has 1 aliphatic rings. The van der Waals surface area contributed by atoms with Crippen molar-refractivity contribution in [1.29, 1.82) is 0 Å². The van der Waals surface area contributed by atoms with Crippen molar-refractivity contribution in [2.45, 2.75) is 37.7 Å². The summed E-state index contributed by atoms with van der Waals surface area (Å²) in [4.78, 5) is 12.3. The Hall–Kier alpha value is -2.33. The molecule has 4 heteroatoms. The number of carbonyl (C=O) groups is 1. The average Bonchev–Trinajstić information content (AvgIpc) is 2.66. The van der Waals surface area contributed by atoms with Crippen LogP contribution in [0.25, 0.3) is 0 Å². The molecule has 0 spiro atoms. The fourth-order valence-electron chi connectivity index (χ4n) is 3.53. The van der Waals surface area contributed by atoms with Crippen molar-refractivity contribution in [2.75, 3.05) is 13.7 Å². The maximum atomic E-state index is 12.3. The second-order valence-electron chi connectivity index (χ2n) is 6.59. The highest BCUT2D eigenvalue weighted by Crippen LogP contribution is 2.35. The Bertz CT molecular complexity index is 714. The summed E-state index contributed by atoms with van der Waals surface area (Å²) in [7, 11) is 1.67. The van der Waals surface area contributed by atoms with Crippen LogP contribution in [0.2, 0.25) is 0 Å². The van der Waals surface area contributed by atoms with Gasteiger partial charge in [-0.1, -0.05) is 36.4 Å². The van der Waals surface area contributed by atoms with Crippen molar-refractivity contribution in [3.8, 4) is 5.75 Å². The molecule has 1 aliphatic carbocycles. The molecule has 0 heterocycles. The first kappa shape index (κ1) is 17.5. The number of aryl methyl sites for hydroxylation is 1. The maximum Gasteiger partial charge on any atom is 0.220 e. The third kappa shape index (κ3) is 4.40. The molecule has 2 aromatic rings. The highest BCUT2D eigenvalue weighted by atomic mass is 16.5. The highest BCUT2D eigenvalue weighted by molar-refractivity contribution is 5.77. The van der Waals surface area contributed by atoms with Crippen LogP contribution in [0.3, 0.4) is 0 Å². The Labute approximate surface area is 148 Å². The summed E-state index contributed by atoms with van der Waals surface area (Å²) in [5.41, 5.74) is 3.36. The number of ether oxygens (including phenoxy) is 1. The summed E-state index contributed by atoms with van der Waals surface area (Å²) in [5.74, 6) is 1.10. The predicted molar refractivity (Wildman–Crippen MR) is 97.7 cm³/mol. The molecule has 25 heavy (non-hydrogen) atoms. The van der Waals surface area contributed by atoms with Gasteiger partial charge in [-0.25, -0.2) is 0 Å². The molecular formula is C21H25NO3. The third-order valence-corrected chi connectivity index (χ3v) is 4.90. The van der Waals surface area contributed by atoms with Gasteiger partial charge in [0.2, 0.25) is 5.91 Å². The zero-order valence-electron chi connectivity index (χ0n) is 14.6. The van der Waals surface area contributed by atoms with E-state index >= 15 is 0 Å². The van der Waals surface area contributed by atoms with E-state index in [1.807, 2.05) is 36.4 Å². The van der Waals surface area contributed by atoms with Crippen molar-refractivity contribution in [3.63, 3.8) is 0 Å². The van der Waals surface area contributed by atoms with Gasteiger partial charge in [-0.15, -0.1) is 0 Å². The number of methoxy groups -OCH3 is 1. The molecule has 2 atom stereocenters. The molecule has 2 N–H and O–H groups in total. The monoisotopic (exact) mass is 339 g/mol. The molecular weight excluding hydrogens is 314 g/mol. The molecule has 1 amide bonds. The fraction of sp³-hybridized carbons (Fsp3) is 0.381. The number of amides is 1. The zero-order valence-corrected chi connectivity index (χ0v) is 14.6. The summed E-state index contributed by atoms with van der Waals surface area (Å²) < 4.78 is 5.30. The molecule has 0 aliphatic heterocycles. The van der Waals surface area contributed by atoms with Crippen LogP contribution in [-0.4, -0.2) is 24.7 Å². The Morgan fingerprint density at radius 3 is 2.84 bits per heavy atom. The van der Waals surface area contributed by atoms with E-state index in [0.717, 1.165) is 30.6 Å². The zero-order chi connectivity index (χ0) is 17.6. The number of hydrogen-bond donors (Lipinski definition) is 2. The molecule has 2 aromatic carbocycles. The van der Waals surface area contributed by atoms with Crippen molar-refractivity contribution < 1.29 is 14.6 Å². The van der Waals surface area contributed by atoms with Gasteiger partial charge < -0.3 is 15.2 Å². The standard InChI is InChI=1S/C21H25NO3/c1-25-18-10-11-19-16(12-18)8-5-9-17(19)13-21(24)22-14-20(23)15-6-3-2-4-7-15/h2-4,6-7,10-12,17,20,23H,5,8-9,13-14H2,1H3,(H,22,24)/t17-,20+/m1/s1. The average molecular weight is 339 g/mol. The first-order chi connectivity index (χ1) is 12.2. The van der Waals surface area contributed by atoms with E-state index < -0.39 is 6.10 Å². The van der Waals surface area contributed by atoms with Gasteiger partial charge in [0.15, 0.2) is 0 Å². The van der Waals surface area contributed by atoms with Gasteiger partial charge in [0.05, 0.1) is 13.2 Å². The largest absolute Gasteiger partial charge is 0.497 e. The van der Waals surface area contributed by atoms with E-state index in [1.165, 1.54) is 11.1 Å². The quantitative estimate of drug-likeness (QED) is 0.848. The molecule has 0 radical (unpaired) electrons. The number of carbonyl (C=O) groups excluding carboxylic acids is 1. The van der Waals surface area contributed by atoms with Gasteiger partial charge >= 0.3 is 0 Å². The first-order valence-electron chi connectivity index (χ1n) is 8.84. The van der Waals surface area contributed by atoms with Crippen LogP contribution in [-0.2, 0) is 11.2 Å². The molecule has 0 bridgehead atoms. The number of aliphatic hydroxyl groups excluding tert-OH is 1. The van der Waals surface area contributed by atoms with Gasteiger partial charge in [0, 0.05) is 13.0 Å². The summed E-state index contributed by atoms with van der Waals surface area (Å²) in [6.07, 6.45) is 2.93. The lowest BCUT2D eigenvalue weighted by molar-refractivity contribution is -0.122. The van der Waals surface area contributed by atoms with Gasteiger partial charge in [-0.2, -0.15) is 0 Å². The van der Waals surface area contributed by atoms with Gasteiger partial charge in [-0.3, -0.25) is 4.79 Å². The number of rotatable bonds is 6. The number of hydrogen-bond acceptors (Lipinski definition) is 3. The van der Waals surface area contributed by atoms with Crippen molar-refractivity contribution >= 4 is 5.91 Å². The lowest BCUT2D eigenvalue weighted by atomic mass is 9.81. The number of benzene rings is 2. The SMILES string of the molecule is COc1ccc2c(c1)CCC[C@@H]2CC(=O)NC[C@H](O)c1ccccc1. The van der Waals surface area contributed by atoms with E-state index in [9.17, 15) is 9.90 Å². The van der Waals surface area contributed by atoms with E-state index in [1.54, 1.807) is 7.11 Å². The Kier molecular flexibility index (Phi) is 5.71. The molecule has 132 valence electrons. The highest BCUT2D eigenvalue weighted by Gasteiger charge is 2.23. The van der Waals surface area contributed by atoms with Crippen molar-refractivity contribution in [2.24, 2.45) is 0 Å². The molecule has 0 saturated carbocycles. The lowest BCUT2D eigenvalue weighted by Gasteiger charge is -2.25. The van der Waals surface area contributed by atoms with Gasteiger partial charge in [0.25, 0.3) is 0 Å². The summed E-state index contributed by atoms with van der Waals surface area (Å²) in [6, 6.07) is 15.5. The number of nitrogens with one attached hydrogen (secondary N) is 1. The molecule has 0 fully saturated rings. The van der Waals surface area contributed by atoms with E-state index in [-0.39, 0.29) is 18.4 Å². The van der Waals surface area contributed by atoms with E-state index in [0.29, 0.717) is 6.42 Å². The lowest BCUT2D eigenvalue weighted by Crippen LogP contribution is -2.30. The Morgan fingerprint density at radius 1 is 1.28 bits per heavy atom. The number of fused-ring (bicyclic) bond motifs is 1. The fourth-order valence-corrected chi connectivity index (χ4v) is 3.53. The van der Waals surface area contributed by atoms with Crippen LogP contribution in [0.5, 0.6) is 5.75 Å². The van der Waals surface area contributed by atoms with Gasteiger partial charge in [0.1, 0.15) is 5.75 Å². The normalized spacial score (nSPS) is 17.4. The van der Waals surface area contributed by atoms with Crippen LogP contribution in [0.4, 0.5) is 0 Å². The second kappa shape index (κ2) is 8.17. The van der Waals surface area contributed by atoms with E-state index in [4.69, 9.17) is 4.74 Å². The Morgan fingerprint density at radius 2 is 2.08 bits per heavy atom. The molecule has 0 saturated heterocycles. The topological polar surface area (TPSA) is 58.6 Å². The van der Waals surface area contributed by atoms with Crippen LogP contribution in [0, 0.1) is 0 Å². The minimum Gasteiger partial charge on any atom is -0.497 e. The first-order valence-corrected chi connectivity index (χ1v) is 8.84. The van der Waals surface area contributed by atoms with Gasteiger partial charge in [-0.05, 0) is 54.0 Å². The van der Waals surface area contributed by atoms with Crippen LogP contribution >= 0.6 is 0 Å². The number of aliphatic hydroxyl groups is 1. The molecule has 0 aromatic heterocycles. The van der Waals surface area contributed by atoms with E-state index in [2.05, 4.69) is 17.4 Å². The summed E-state index contributed by atoms with van der Waals surface area (Å²) in [6.45, 7) is 0.241. The molecule has 4 nitrogen and oxygen atoms in total. The maximum absolute atomic E-state index is 12.3. The smallest absolute Gasteiger partial charge is 0.220 e. The van der Waals surface area contributed by atoms with Crippen LogP contribution in [0.1, 0.15) is 48.0 Å². The second-order valence-corrected chi connectivity index (χ2v) is 6.59. The predicted octanol–water partition coefficient (Wildman–Crippen LogP) is 3.36.